The first-order chi connectivity index (χ1) is 10.3. The Hall–Kier alpha value is -1.85. The van der Waals surface area contributed by atoms with Gasteiger partial charge in [0.2, 0.25) is 0 Å². The minimum Gasteiger partial charge on any atom is -0.444 e. The van der Waals surface area contributed by atoms with Crippen LogP contribution in [0, 0.1) is 0 Å². The first kappa shape index (κ1) is 16.5. The fourth-order valence-corrected chi connectivity index (χ4v) is 2.42. The Labute approximate surface area is 130 Å². The lowest BCUT2D eigenvalue weighted by molar-refractivity contribution is 0.0126. The third-order valence-electron chi connectivity index (χ3n) is 3.41. The van der Waals surface area contributed by atoms with Crippen molar-refractivity contribution in [3.05, 3.63) is 41.0 Å². The van der Waals surface area contributed by atoms with Crippen molar-refractivity contribution in [3.8, 4) is 0 Å². The molecule has 1 aliphatic rings. The van der Waals surface area contributed by atoms with Gasteiger partial charge in [0.1, 0.15) is 17.8 Å². The summed E-state index contributed by atoms with van der Waals surface area (Å²) in [6.07, 6.45) is 2.00. The lowest BCUT2D eigenvalue weighted by Gasteiger charge is -2.23. The van der Waals surface area contributed by atoms with Gasteiger partial charge in [0.15, 0.2) is 0 Å². The van der Waals surface area contributed by atoms with Gasteiger partial charge in [0.25, 0.3) is 0 Å². The van der Waals surface area contributed by atoms with Gasteiger partial charge in [0, 0.05) is 6.54 Å². The van der Waals surface area contributed by atoms with E-state index in [1.807, 2.05) is 24.3 Å². The highest BCUT2D eigenvalue weighted by Crippen LogP contribution is 2.29. The Morgan fingerprint density at radius 3 is 2.77 bits per heavy atom. The van der Waals surface area contributed by atoms with E-state index in [4.69, 9.17) is 4.74 Å². The number of aliphatic hydroxyl groups is 2. The van der Waals surface area contributed by atoms with Crippen molar-refractivity contribution >= 4 is 12.2 Å². The van der Waals surface area contributed by atoms with Crippen molar-refractivity contribution in [2.45, 2.75) is 45.0 Å². The largest absolute Gasteiger partial charge is 0.444 e. The molecule has 5 heteroatoms. The second-order valence-electron chi connectivity index (χ2n) is 6.42. The van der Waals surface area contributed by atoms with Crippen LogP contribution in [0.25, 0.3) is 6.08 Å². The van der Waals surface area contributed by atoms with E-state index in [0.717, 1.165) is 17.5 Å². The van der Waals surface area contributed by atoms with Crippen LogP contribution in [0.1, 0.15) is 43.6 Å². The number of nitrogens with one attached hydrogen (secondary N) is 1. The number of amides is 1. The van der Waals surface area contributed by atoms with Crippen molar-refractivity contribution in [2.75, 3.05) is 6.54 Å². The lowest BCUT2D eigenvalue weighted by atomic mass is 9.95. The zero-order valence-corrected chi connectivity index (χ0v) is 13.2. The van der Waals surface area contributed by atoms with Crippen LogP contribution in [0.4, 0.5) is 4.79 Å². The molecule has 2 rings (SSSR count). The number of fused-ring (bicyclic) bond motifs is 1. The van der Waals surface area contributed by atoms with Crippen LogP contribution in [0.15, 0.2) is 24.3 Å². The molecule has 1 amide bonds. The topological polar surface area (TPSA) is 78.8 Å². The molecule has 1 aromatic rings. The van der Waals surface area contributed by atoms with Gasteiger partial charge in [-0.25, -0.2) is 4.79 Å². The quantitative estimate of drug-likeness (QED) is 0.796. The number of rotatable bonds is 4. The van der Waals surface area contributed by atoms with Crippen LogP contribution in [0.5, 0.6) is 0 Å². The maximum atomic E-state index is 11.6. The minimum atomic E-state index is -1.10. The lowest BCUT2D eigenvalue weighted by Crippen LogP contribution is -2.39. The fraction of sp³-hybridized carbons (Fsp3) is 0.471. The molecule has 0 saturated carbocycles. The number of hydrogen-bond donors (Lipinski definition) is 3. The predicted molar refractivity (Wildman–Crippen MR) is 84.4 cm³/mol. The van der Waals surface area contributed by atoms with E-state index in [1.165, 1.54) is 0 Å². The average molecular weight is 305 g/mol. The van der Waals surface area contributed by atoms with Gasteiger partial charge in [-0.2, -0.15) is 0 Å². The summed E-state index contributed by atoms with van der Waals surface area (Å²) in [5, 5.41) is 22.9. The summed E-state index contributed by atoms with van der Waals surface area (Å²) in [6, 6.07) is 5.62. The number of carbonyl (C=O) groups excluding carboxylic acids is 1. The summed E-state index contributed by atoms with van der Waals surface area (Å²) >= 11 is 0. The molecule has 3 N–H and O–H groups in total. The standard InChI is InChI=1S/C17H23NO4/c1-17(2,3)22-16(21)18-10-14(19)15(20)13-9-5-7-11-6-4-8-12(11)13/h4-7,9,14-15,19-20H,8,10H2,1-3H3,(H,18,21). The van der Waals surface area contributed by atoms with E-state index in [-0.39, 0.29) is 6.54 Å². The Bertz CT molecular complexity index is 575. The highest BCUT2D eigenvalue weighted by Gasteiger charge is 2.24. The zero-order chi connectivity index (χ0) is 16.3. The summed E-state index contributed by atoms with van der Waals surface area (Å²) < 4.78 is 5.09. The Kier molecular flexibility index (Phi) is 4.88. The van der Waals surface area contributed by atoms with Crippen molar-refractivity contribution in [3.63, 3.8) is 0 Å². The maximum absolute atomic E-state index is 11.6. The third kappa shape index (κ3) is 4.08. The van der Waals surface area contributed by atoms with Crippen molar-refractivity contribution in [2.24, 2.45) is 0 Å². The molecule has 120 valence electrons. The smallest absolute Gasteiger partial charge is 0.407 e. The highest BCUT2D eigenvalue weighted by atomic mass is 16.6. The summed E-state index contributed by atoms with van der Waals surface area (Å²) in [7, 11) is 0. The molecule has 5 nitrogen and oxygen atoms in total. The maximum Gasteiger partial charge on any atom is 0.407 e. The molecule has 0 heterocycles. The van der Waals surface area contributed by atoms with Gasteiger partial charge in [-0.15, -0.1) is 0 Å². The van der Waals surface area contributed by atoms with E-state index < -0.39 is 23.9 Å². The number of benzene rings is 1. The average Bonchev–Trinajstić information content (AvgIpc) is 2.90. The summed E-state index contributed by atoms with van der Waals surface area (Å²) in [4.78, 5) is 11.6. The van der Waals surface area contributed by atoms with Crippen LogP contribution >= 0.6 is 0 Å². The molecule has 1 aliphatic carbocycles. The first-order valence-corrected chi connectivity index (χ1v) is 7.39. The second-order valence-corrected chi connectivity index (χ2v) is 6.42. The molecule has 0 bridgehead atoms. The number of ether oxygens (including phenoxy) is 1. The first-order valence-electron chi connectivity index (χ1n) is 7.39. The second kappa shape index (κ2) is 6.50. The monoisotopic (exact) mass is 305 g/mol. The molecule has 0 saturated heterocycles. The third-order valence-corrected chi connectivity index (χ3v) is 3.41. The predicted octanol–water partition coefficient (Wildman–Crippen LogP) is 2.17. The number of allylic oxidation sites excluding steroid dienone is 1. The van der Waals surface area contributed by atoms with Gasteiger partial charge < -0.3 is 20.3 Å². The molecule has 22 heavy (non-hydrogen) atoms. The summed E-state index contributed by atoms with van der Waals surface area (Å²) in [5.74, 6) is 0. The molecule has 0 spiro atoms. The number of carbonyl (C=O) groups is 1. The molecule has 0 fully saturated rings. The molecule has 0 aromatic heterocycles. The normalized spacial score (nSPS) is 16.0. The van der Waals surface area contributed by atoms with Gasteiger partial charge in [-0.3, -0.25) is 0 Å². The number of alkyl carbamates (subject to hydrolysis) is 1. The SMILES string of the molecule is CC(C)(C)OC(=O)NCC(O)C(O)c1cccc2c1CC=C2. The van der Waals surface area contributed by atoms with Gasteiger partial charge >= 0.3 is 6.09 Å². The van der Waals surface area contributed by atoms with Crippen molar-refractivity contribution in [1.82, 2.24) is 5.32 Å². The number of aliphatic hydroxyl groups excluding tert-OH is 2. The van der Waals surface area contributed by atoms with E-state index in [2.05, 4.69) is 5.32 Å². The Morgan fingerprint density at radius 2 is 2.09 bits per heavy atom. The van der Waals surface area contributed by atoms with E-state index in [0.29, 0.717) is 5.56 Å². The van der Waals surface area contributed by atoms with Crippen LogP contribution in [0.2, 0.25) is 0 Å². The van der Waals surface area contributed by atoms with E-state index >= 15 is 0 Å². The molecular weight excluding hydrogens is 282 g/mol. The molecule has 1 aromatic carbocycles. The van der Waals surface area contributed by atoms with Crippen LogP contribution in [-0.2, 0) is 11.2 Å². The summed E-state index contributed by atoms with van der Waals surface area (Å²) in [5.41, 5.74) is 2.18. The molecule has 0 aliphatic heterocycles. The van der Waals surface area contributed by atoms with Gasteiger partial charge in [-0.1, -0.05) is 30.4 Å². The van der Waals surface area contributed by atoms with E-state index in [9.17, 15) is 15.0 Å². The molecule has 2 atom stereocenters. The van der Waals surface area contributed by atoms with E-state index in [1.54, 1.807) is 26.8 Å². The molecule has 2 unspecified atom stereocenters. The fourth-order valence-electron chi connectivity index (χ4n) is 2.42. The molecule has 0 radical (unpaired) electrons. The van der Waals surface area contributed by atoms with Crippen LogP contribution in [0.3, 0.4) is 0 Å². The zero-order valence-electron chi connectivity index (χ0n) is 13.2. The summed E-state index contributed by atoms with van der Waals surface area (Å²) in [6.45, 7) is 5.21. The minimum absolute atomic E-state index is 0.0762. The highest BCUT2D eigenvalue weighted by molar-refractivity contribution is 5.67. The number of hydrogen-bond acceptors (Lipinski definition) is 4. The Balaban J connectivity index is 1.95. The van der Waals surface area contributed by atoms with Crippen molar-refractivity contribution in [1.29, 1.82) is 0 Å². The Morgan fingerprint density at radius 1 is 1.36 bits per heavy atom. The van der Waals surface area contributed by atoms with Gasteiger partial charge in [-0.05, 0) is 43.9 Å². The van der Waals surface area contributed by atoms with Crippen LogP contribution < -0.4 is 5.32 Å². The van der Waals surface area contributed by atoms with Crippen LogP contribution in [-0.4, -0.2) is 34.6 Å². The van der Waals surface area contributed by atoms with Crippen molar-refractivity contribution < 1.29 is 19.7 Å². The molecular formula is C17H23NO4. The van der Waals surface area contributed by atoms with Gasteiger partial charge in [0.05, 0.1) is 0 Å².